The first kappa shape index (κ1) is 17.5. The van der Waals surface area contributed by atoms with Crippen LogP contribution in [0, 0.1) is 0 Å². The molecule has 0 N–H and O–H groups in total. The molecule has 2 aliphatic heterocycles. The SMILES string of the molecule is CCC12COC(=O)N1CCN(C(=O)c1cnc3c(c1)ncn3C1CCCC1)C2. The monoisotopic (exact) mass is 383 g/mol. The molecule has 5 rings (SSSR count). The molecule has 3 fully saturated rings. The highest BCUT2D eigenvalue weighted by Gasteiger charge is 2.50. The van der Waals surface area contributed by atoms with Crippen LogP contribution in [0.2, 0.25) is 0 Å². The van der Waals surface area contributed by atoms with Gasteiger partial charge in [-0.25, -0.2) is 14.8 Å². The van der Waals surface area contributed by atoms with Gasteiger partial charge in [0.1, 0.15) is 12.1 Å². The van der Waals surface area contributed by atoms with Gasteiger partial charge < -0.3 is 14.2 Å². The van der Waals surface area contributed by atoms with Gasteiger partial charge in [0, 0.05) is 31.9 Å². The number of piperazine rings is 1. The lowest BCUT2D eigenvalue weighted by Crippen LogP contribution is -2.62. The van der Waals surface area contributed by atoms with Crippen molar-refractivity contribution in [1.82, 2.24) is 24.3 Å². The van der Waals surface area contributed by atoms with Crippen LogP contribution in [0.15, 0.2) is 18.6 Å². The number of carbonyl (C=O) groups is 2. The molecule has 1 unspecified atom stereocenters. The lowest BCUT2D eigenvalue weighted by Gasteiger charge is -2.44. The Morgan fingerprint density at radius 1 is 1.29 bits per heavy atom. The maximum atomic E-state index is 13.1. The zero-order valence-corrected chi connectivity index (χ0v) is 16.1. The van der Waals surface area contributed by atoms with Gasteiger partial charge >= 0.3 is 6.09 Å². The molecule has 28 heavy (non-hydrogen) atoms. The molecule has 8 nitrogen and oxygen atoms in total. The number of rotatable bonds is 3. The highest BCUT2D eigenvalue weighted by Crippen LogP contribution is 2.33. The fourth-order valence-corrected chi connectivity index (χ4v) is 4.91. The minimum atomic E-state index is -0.410. The van der Waals surface area contributed by atoms with Crippen molar-refractivity contribution in [3.63, 3.8) is 0 Å². The average Bonchev–Trinajstić information content (AvgIpc) is 3.45. The molecule has 0 radical (unpaired) electrons. The lowest BCUT2D eigenvalue weighted by atomic mass is 9.92. The maximum absolute atomic E-state index is 13.1. The summed E-state index contributed by atoms with van der Waals surface area (Å²) in [4.78, 5) is 37.8. The summed E-state index contributed by atoms with van der Waals surface area (Å²) in [7, 11) is 0. The maximum Gasteiger partial charge on any atom is 0.410 e. The Bertz CT molecular complexity index is 935. The van der Waals surface area contributed by atoms with Crippen LogP contribution in [0.1, 0.15) is 55.4 Å². The first-order chi connectivity index (χ1) is 13.6. The standard InChI is InChI=1S/C20H25N5O3/c1-2-20-11-23(7-8-25(20)19(27)28-12-20)18(26)14-9-16-17(21-10-14)24(13-22-16)15-5-3-4-6-15/h9-10,13,15H,2-8,11-12H2,1H3. The van der Waals surface area contributed by atoms with Crippen LogP contribution in [-0.4, -0.2) is 68.1 Å². The predicted octanol–water partition coefficient (Wildman–Crippen LogP) is 2.60. The second kappa shape index (κ2) is 6.46. The van der Waals surface area contributed by atoms with Gasteiger partial charge in [0.2, 0.25) is 0 Å². The van der Waals surface area contributed by atoms with Crippen LogP contribution >= 0.6 is 0 Å². The number of aromatic nitrogens is 3. The fraction of sp³-hybridized carbons (Fsp3) is 0.600. The van der Waals surface area contributed by atoms with Gasteiger partial charge in [0.25, 0.3) is 5.91 Å². The largest absolute Gasteiger partial charge is 0.447 e. The van der Waals surface area contributed by atoms with E-state index in [1.54, 1.807) is 11.1 Å². The molecule has 4 heterocycles. The minimum Gasteiger partial charge on any atom is -0.447 e. The Morgan fingerprint density at radius 3 is 2.89 bits per heavy atom. The summed E-state index contributed by atoms with van der Waals surface area (Å²) < 4.78 is 7.42. The van der Waals surface area contributed by atoms with Crippen molar-refractivity contribution in [2.45, 2.75) is 50.6 Å². The molecular weight excluding hydrogens is 358 g/mol. The van der Waals surface area contributed by atoms with E-state index in [1.165, 1.54) is 12.8 Å². The molecule has 0 spiro atoms. The molecule has 2 aromatic rings. The Morgan fingerprint density at radius 2 is 2.11 bits per heavy atom. The number of fused-ring (bicyclic) bond motifs is 2. The molecule has 1 saturated carbocycles. The van der Waals surface area contributed by atoms with Crippen molar-refractivity contribution in [3.8, 4) is 0 Å². The van der Waals surface area contributed by atoms with E-state index in [1.807, 2.05) is 24.2 Å². The average molecular weight is 383 g/mol. The number of amides is 2. The molecule has 8 heteroatoms. The highest BCUT2D eigenvalue weighted by atomic mass is 16.6. The van der Waals surface area contributed by atoms with Crippen molar-refractivity contribution in [2.75, 3.05) is 26.2 Å². The molecule has 148 valence electrons. The molecule has 3 aliphatic rings. The van der Waals surface area contributed by atoms with Gasteiger partial charge in [0.15, 0.2) is 5.65 Å². The summed E-state index contributed by atoms with van der Waals surface area (Å²) in [6.45, 7) is 3.87. The summed E-state index contributed by atoms with van der Waals surface area (Å²) in [5.74, 6) is -0.0587. The number of pyridine rings is 1. The van der Waals surface area contributed by atoms with Gasteiger partial charge in [-0.15, -0.1) is 0 Å². The minimum absolute atomic E-state index is 0.0587. The fourth-order valence-electron chi connectivity index (χ4n) is 4.91. The van der Waals surface area contributed by atoms with E-state index in [0.29, 0.717) is 37.8 Å². The number of nitrogens with zero attached hydrogens (tertiary/aromatic N) is 5. The van der Waals surface area contributed by atoms with Crippen LogP contribution in [0.3, 0.4) is 0 Å². The molecule has 0 aromatic carbocycles. The second-order valence-corrected chi connectivity index (χ2v) is 8.17. The smallest absolute Gasteiger partial charge is 0.410 e. The van der Waals surface area contributed by atoms with Crippen LogP contribution < -0.4 is 0 Å². The Hall–Kier alpha value is -2.64. The van der Waals surface area contributed by atoms with Crippen molar-refractivity contribution >= 4 is 23.2 Å². The summed E-state index contributed by atoms with van der Waals surface area (Å²) in [5.41, 5.74) is 1.76. The molecule has 2 saturated heterocycles. The third-order valence-electron chi connectivity index (χ3n) is 6.66. The molecule has 1 atom stereocenters. The number of imidazole rings is 1. The molecule has 1 aliphatic carbocycles. The number of hydrogen-bond donors (Lipinski definition) is 0. The van der Waals surface area contributed by atoms with E-state index in [9.17, 15) is 9.59 Å². The normalized spacial score (nSPS) is 25.4. The molecular formula is C20H25N5O3. The van der Waals surface area contributed by atoms with E-state index >= 15 is 0 Å². The van der Waals surface area contributed by atoms with Gasteiger partial charge in [0.05, 0.1) is 17.4 Å². The summed E-state index contributed by atoms with van der Waals surface area (Å²) in [6, 6.07) is 2.31. The zero-order valence-electron chi connectivity index (χ0n) is 16.1. The van der Waals surface area contributed by atoms with E-state index in [2.05, 4.69) is 14.5 Å². The van der Waals surface area contributed by atoms with Gasteiger partial charge in [-0.1, -0.05) is 19.8 Å². The number of ether oxygens (including phenoxy) is 1. The topological polar surface area (TPSA) is 80.6 Å². The van der Waals surface area contributed by atoms with E-state index < -0.39 is 5.54 Å². The van der Waals surface area contributed by atoms with Gasteiger partial charge in [-0.3, -0.25) is 9.69 Å². The van der Waals surface area contributed by atoms with Crippen LogP contribution in [0.4, 0.5) is 4.79 Å². The third-order valence-corrected chi connectivity index (χ3v) is 6.66. The Labute approximate surface area is 163 Å². The van der Waals surface area contributed by atoms with Gasteiger partial charge in [-0.05, 0) is 25.3 Å². The summed E-state index contributed by atoms with van der Waals surface area (Å²) in [6.07, 6.45) is 8.83. The Balaban J connectivity index is 1.39. The van der Waals surface area contributed by atoms with Crippen LogP contribution in [-0.2, 0) is 4.74 Å². The van der Waals surface area contributed by atoms with Crippen molar-refractivity contribution in [3.05, 3.63) is 24.2 Å². The first-order valence-electron chi connectivity index (χ1n) is 10.2. The van der Waals surface area contributed by atoms with E-state index in [4.69, 9.17) is 4.74 Å². The molecule has 2 aromatic heterocycles. The van der Waals surface area contributed by atoms with Crippen molar-refractivity contribution in [2.24, 2.45) is 0 Å². The van der Waals surface area contributed by atoms with E-state index in [0.717, 1.165) is 30.4 Å². The van der Waals surface area contributed by atoms with Crippen LogP contribution in [0.5, 0.6) is 0 Å². The van der Waals surface area contributed by atoms with Crippen LogP contribution in [0.25, 0.3) is 11.2 Å². The predicted molar refractivity (Wildman–Crippen MR) is 102 cm³/mol. The number of cyclic esters (lactones) is 1. The third kappa shape index (κ3) is 2.57. The number of carbonyl (C=O) groups excluding carboxylic acids is 2. The quantitative estimate of drug-likeness (QED) is 0.814. The first-order valence-corrected chi connectivity index (χ1v) is 10.2. The van der Waals surface area contributed by atoms with Gasteiger partial charge in [-0.2, -0.15) is 0 Å². The van der Waals surface area contributed by atoms with E-state index in [-0.39, 0.29) is 12.0 Å². The second-order valence-electron chi connectivity index (χ2n) is 8.17. The number of hydrogen-bond acceptors (Lipinski definition) is 5. The molecule has 2 amide bonds. The zero-order chi connectivity index (χ0) is 19.3. The summed E-state index contributed by atoms with van der Waals surface area (Å²) >= 11 is 0. The van der Waals surface area contributed by atoms with Crippen molar-refractivity contribution in [1.29, 1.82) is 0 Å². The lowest BCUT2D eigenvalue weighted by molar-refractivity contribution is 0.0361. The molecule has 0 bridgehead atoms. The Kier molecular flexibility index (Phi) is 4.03. The van der Waals surface area contributed by atoms with Crippen molar-refractivity contribution < 1.29 is 14.3 Å². The summed E-state index contributed by atoms with van der Waals surface area (Å²) in [5, 5.41) is 0. The highest BCUT2D eigenvalue weighted by molar-refractivity contribution is 5.96.